The molecule has 7 heteroatoms. The molecular weight excluding hydrogens is 255 g/mol. The first-order valence-corrected chi connectivity index (χ1v) is 5.29. The summed E-state index contributed by atoms with van der Waals surface area (Å²) in [6.45, 7) is 1.69. The third kappa shape index (κ3) is 3.13. The van der Waals surface area contributed by atoms with Gasteiger partial charge in [-0.2, -0.15) is 13.2 Å². The molecule has 0 saturated carbocycles. The van der Waals surface area contributed by atoms with Crippen molar-refractivity contribution in [2.45, 2.75) is 24.9 Å². The van der Waals surface area contributed by atoms with Crippen LogP contribution in [0.5, 0.6) is 0 Å². The second-order valence-corrected chi connectivity index (χ2v) is 4.12. The topological polar surface area (TPSA) is 29.9 Å². The molecule has 2 heterocycles. The van der Waals surface area contributed by atoms with Gasteiger partial charge in [0.2, 0.25) is 0 Å². The van der Waals surface area contributed by atoms with Crippen LogP contribution in [0.3, 0.4) is 0 Å². The highest BCUT2D eigenvalue weighted by atomic mass is 35.5. The number of imidazole rings is 1. The fourth-order valence-corrected chi connectivity index (χ4v) is 2.08. The first-order chi connectivity index (χ1) is 7.48. The van der Waals surface area contributed by atoms with Crippen LogP contribution in [0, 0.1) is 0 Å². The molecular formula is C10H15ClF3N3. The lowest BCUT2D eigenvalue weighted by Gasteiger charge is -2.21. The van der Waals surface area contributed by atoms with Crippen molar-refractivity contribution in [1.29, 1.82) is 0 Å². The van der Waals surface area contributed by atoms with E-state index in [9.17, 15) is 13.2 Å². The Morgan fingerprint density at radius 1 is 1.35 bits per heavy atom. The quantitative estimate of drug-likeness (QED) is 0.848. The van der Waals surface area contributed by atoms with Crippen LogP contribution in [0.4, 0.5) is 13.2 Å². The normalized spacial score (nSPS) is 17.9. The number of piperidine rings is 1. The van der Waals surface area contributed by atoms with Crippen molar-refractivity contribution in [3.05, 3.63) is 17.7 Å². The summed E-state index contributed by atoms with van der Waals surface area (Å²) in [6.07, 6.45) is -1.58. The summed E-state index contributed by atoms with van der Waals surface area (Å²) in [5.41, 5.74) is -0.788. The molecule has 1 saturated heterocycles. The molecule has 1 aliphatic rings. The molecule has 3 nitrogen and oxygen atoms in total. The smallest absolute Gasteiger partial charge is 0.337 e. The van der Waals surface area contributed by atoms with Crippen LogP contribution in [0.2, 0.25) is 0 Å². The molecule has 0 bridgehead atoms. The minimum atomic E-state index is -4.34. The maximum absolute atomic E-state index is 12.5. The molecule has 2 rings (SSSR count). The summed E-state index contributed by atoms with van der Waals surface area (Å²) in [6, 6.07) is 0. The number of hydrogen-bond donors (Lipinski definition) is 1. The van der Waals surface area contributed by atoms with E-state index in [0.29, 0.717) is 5.82 Å². The van der Waals surface area contributed by atoms with E-state index in [1.54, 1.807) is 7.05 Å². The van der Waals surface area contributed by atoms with Gasteiger partial charge >= 0.3 is 6.18 Å². The largest absolute Gasteiger partial charge is 0.434 e. The molecule has 0 radical (unpaired) electrons. The zero-order chi connectivity index (χ0) is 11.8. The zero-order valence-electron chi connectivity index (χ0n) is 9.42. The molecule has 1 aromatic heterocycles. The van der Waals surface area contributed by atoms with Crippen LogP contribution in [0.15, 0.2) is 6.20 Å². The molecule has 0 aromatic carbocycles. The van der Waals surface area contributed by atoms with E-state index in [1.807, 2.05) is 0 Å². The number of nitrogens with one attached hydrogen (secondary N) is 1. The fourth-order valence-electron chi connectivity index (χ4n) is 2.08. The van der Waals surface area contributed by atoms with Crippen molar-refractivity contribution in [2.24, 2.45) is 7.05 Å². The van der Waals surface area contributed by atoms with E-state index >= 15 is 0 Å². The van der Waals surface area contributed by atoms with Crippen LogP contribution in [0.25, 0.3) is 0 Å². The predicted octanol–water partition coefficient (Wildman–Crippen LogP) is 2.33. The molecule has 1 fully saturated rings. The highest BCUT2D eigenvalue weighted by molar-refractivity contribution is 5.85. The van der Waals surface area contributed by atoms with Gasteiger partial charge in [-0.1, -0.05) is 0 Å². The van der Waals surface area contributed by atoms with Crippen LogP contribution in [-0.2, 0) is 13.2 Å². The lowest BCUT2D eigenvalue weighted by molar-refractivity contribution is -0.141. The van der Waals surface area contributed by atoms with Gasteiger partial charge in [0.25, 0.3) is 0 Å². The number of aryl methyl sites for hydroxylation is 1. The van der Waals surface area contributed by atoms with Crippen molar-refractivity contribution in [1.82, 2.24) is 14.9 Å². The molecule has 0 atom stereocenters. The summed E-state index contributed by atoms with van der Waals surface area (Å²) in [5, 5.41) is 3.18. The third-order valence-corrected chi connectivity index (χ3v) is 2.91. The summed E-state index contributed by atoms with van der Waals surface area (Å²) in [5.74, 6) is 0.691. The first kappa shape index (κ1) is 14.3. The van der Waals surface area contributed by atoms with Gasteiger partial charge in [-0.3, -0.25) is 0 Å². The Hall–Kier alpha value is -0.750. The Balaban J connectivity index is 0.00000144. The van der Waals surface area contributed by atoms with E-state index in [1.165, 1.54) is 4.57 Å². The van der Waals surface area contributed by atoms with Gasteiger partial charge < -0.3 is 9.88 Å². The maximum atomic E-state index is 12.5. The molecule has 0 aliphatic carbocycles. The standard InChI is InChI=1S/C10H14F3N3.ClH/c1-16-6-8(10(11,12)13)15-9(16)7-2-4-14-5-3-7;/h6-7,14H,2-5H2,1H3;1H. The number of rotatable bonds is 1. The van der Waals surface area contributed by atoms with Gasteiger partial charge in [0.1, 0.15) is 5.82 Å². The molecule has 1 aliphatic heterocycles. The molecule has 1 N–H and O–H groups in total. The minimum absolute atomic E-state index is 0. The summed E-state index contributed by atoms with van der Waals surface area (Å²) >= 11 is 0. The zero-order valence-corrected chi connectivity index (χ0v) is 10.2. The highest BCUT2D eigenvalue weighted by Crippen LogP contribution is 2.31. The molecule has 0 amide bonds. The predicted molar refractivity (Wildman–Crippen MR) is 60.3 cm³/mol. The molecule has 0 spiro atoms. The van der Waals surface area contributed by atoms with Crippen molar-refractivity contribution >= 4 is 12.4 Å². The van der Waals surface area contributed by atoms with Crippen molar-refractivity contribution in [2.75, 3.05) is 13.1 Å². The second-order valence-electron chi connectivity index (χ2n) is 4.12. The average molecular weight is 270 g/mol. The first-order valence-electron chi connectivity index (χ1n) is 5.29. The SMILES string of the molecule is Cl.Cn1cc(C(F)(F)F)nc1C1CCNCC1. The van der Waals surface area contributed by atoms with Gasteiger partial charge in [0, 0.05) is 19.2 Å². The second kappa shape index (κ2) is 5.27. The lowest BCUT2D eigenvalue weighted by Crippen LogP contribution is -2.27. The molecule has 17 heavy (non-hydrogen) atoms. The lowest BCUT2D eigenvalue weighted by atomic mass is 9.97. The third-order valence-electron chi connectivity index (χ3n) is 2.91. The highest BCUT2D eigenvalue weighted by Gasteiger charge is 2.35. The number of nitrogens with zero attached hydrogens (tertiary/aromatic N) is 2. The van der Waals surface area contributed by atoms with Crippen LogP contribution >= 0.6 is 12.4 Å². The number of halogens is 4. The van der Waals surface area contributed by atoms with E-state index in [0.717, 1.165) is 32.1 Å². The van der Waals surface area contributed by atoms with E-state index < -0.39 is 11.9 Å². The van der Waals surface area contributed by atoms with Gasteiger partial charge in [-0.05, 0) is 25.9 Å². The van der Waals surface area contributed by atoms with Crippen molar-refractivity contribution in [3.63, 3.8) is 0 Å². The average Bonchev–Trinajstić information content (AvgIpc) is 2.61. The van der Waals surface area contributed by atoms with Crippen LogP contribution in [-0.4, -0.2) is 22.6 Å². The maximum Gasteiger partial charge on any atom is 0.434 e. The Morgan fingerprint density at radius 3 is 2.41 bits per heavy atom. The van der Waals surface area contributed by atoms with Gasteiger partial charge in [-0.15, -0.1) is 12.4 Å². The summed E-state index contributed by atoms with van der Waals surface area (Å²) < 4.78 is 38.9. The number of alkyl halides is 3. The molecule has 1 aromatic rings. The molecule has 98 valence electrons. The van der Waals surface area contributed by atoms with Gasteiger partial charge in [-0.25, -0.2) is 4.98 Å². The molecule has 0 unspecified atom stereocenters. The Labute approximate surface area is 104 Å². The van der Waals surface area contributed by atoms with Gasteiger partial charge in [0.05, 0.1) is 0 Å². The Kier molecular flexibility index (Phi) is 4.43. The van der Waals surface area contributed by atoms with Crippen LogP contribution in [0.1, 0.15) is 30.3 Å². The van der Waals surface area contributed by atoms with E-state index in [-0.39, 0.29) is 18.3 Å². The van der Waals surface area contributed by atoms with Crippen molar-refractivity contribution in [3.8, 4) is 0 Å². The fraction of sp³-hybridized carbons (Fsp3) is 0.700. The minimum Gasteiger partial charge on any atom is -0.337 e. The summed E-state index contributed by atoms with van der Waals surface area (Å²) in [4.78, 5) is 3.71. The van der Waals surface area contributed by atoms with E-state index in [2.05, 4.69) is 10.3 Å². The van der Waals surface area contributed by atoms with Crippen molar-refractivity contribution < 1.29 is 13.2 Å². The number of aromatic nitrogens is 2. The monoisotopic (exact) mass is 269 g/mol. The number of hydrogen-bond acceptors (Lipinski definition) is 2. The Bertz CT molecular complexity index is 369. The van der Waals surface area contributed by atoms with E-state index in [4.69, 9.17) is 0 Å². The van der Waals surface area contributed by atoms with Gasteiger partial charge in [0.15, 0.2) is 5.69 Å². The van der Waals surface area contributed by atoms with Crippen LogP contribution < -0.4 is 5.32 Å². The summed E-state index contributed by atoms with van der Waals surface area (Å²) in [7, 11) is 1.62. The Morgan fingerprint density at radius 2 is 1.94 bits per heavy atom.